The third-order valence-electron chi connectivity index (χ3n) is 4.48. The highest BCUT2D eigenvalue weighted by atomic mass is 16.2. The minimum Gasteiger partial charge on any atom is -0.348 e. The Kier molecular flexibility index (Phi) is 7.32. The van der Waals surface area contributed by atoms with Gasteiger partial charge in [-0.2, -0.15) is 0 Å². The maximum absolute atomic E-state index is 12.4. The molecule has 6 nitrogen and oxygen atoms in total. The number of nitrogens with one attached hydrogen (secondary N) is 2. The summed E-state index contributed by atoms with van der Waals surface area (Å²) in [5.41, 5.74) is 2.58. The van der Waals surface area contributed by atoms with Gasteiger partial charge >= 0.3 is 0 Å². The Labute approximate surface area is 165 Å². The lowest BCUT2D eigenvalue weighted by Crippen LogP contribution is -2.32. The van der Waals surface area contributed by atoms with Gasteiger partial charge < -0.3 is 15.5 Å². The second-order valence-electron chi connectivity index (χ2n) is 6.87. The molecule has 2 aromatic carbocycles. The smallest absolute Gasteiger partial charge is 0.253 e. The van der Waals surface area contributed by atoms with E-state index in [0.717, 1.165) is 5.56 Å². The Morgan fingerprint density at radius 3 is 2.29 bits per heavy atom. The van der Waals surface area contributed by atoms with Crippen LogP contribution < -0.4 is 10.6 Å². The second-order valence-corrected chi connectivity index (χ2v) is 6.87. The molecular formula is C22H27N3O3. The molecule has 0 aromatic heterocycles. The van der Waals surface area contributed by atoms with Crippen LogP contribution in [0.15, 0.2) is 48.5 Å². The fourth-order valence-electron chi connectivity index (χ4n) is 2.48. The van der Waals surface area contributed by atoms with Crippen LogP contribution in [-0.4, -0.2) is 35.7 Å². The van der Waals surface area contributed by atoms with Crippen LogP contribution in [0.4, 0.5) is 5.69 Å². The molecule has 0 bridgehead atoms. The molecule has 0 radical (unpaired) electrons. The Morgan fingerprint density at radius 1 is 1.00 bits per heavy atom. The van der Waals surface area contributed by atoms with Crippen molar-refractivity contribution >= 4 is 23.4 Å². The van der Waals surface area contributed by atoms with Crippen LogP contribution in [-0.2, 0) is 11.3 Å². The van der Waals surface area contributed by atoms with Crippen molar-refractivity contribution in [3.05, 3.63) is 65.2 Å². The Morgan fingerprint density at radius 2 is 1.68 bits per heavy atom. The van der Waals surface area contributed by atoms with Crippen molar-refractivity contribution < 1.29 is 14.4 Å². The maximum Gasteiger partial charge on any atom is 0.253 e. The van der Waals surface area contributed by atoms with Gasteiger partial charge in [-0.1, -0.05) is 25.1 Å². The molecule has 0 aliphatic heterocycles. The van der Waals surface area contributed by atoms with Crippen molar-refractivity contribution in [1.82, 2.24) is 10.2 Å². The molecule has 0 fully saturated rings. The number of amides is 3. The topological polar surface area (TPSA) is 78.5 Å². The molecule has 0 heterocycles. The van der Waals surface area contributed by atoms with Crippen molar-refractivity contribution in [3.8, 4) is 0 Å². The molecule has 0 aliphatic rings. The zero-order valence-electron chi connectivity index (χ0n) is 16.8. The van der Waals surface area contributed by atoms with E-state index in [0.29, 0.717) is 29.8 Å². The van der Waals surface area contributed by atoms with Gasteiger partial charge in [0, 0.05) is 42.9 Å². The molecule has 0 spiro atoms. The summed E-state index contributed by atoms with van der Waals surface area (Å²) in [5, 5.41) is 5.59. The summed E-state index contributed by atoms with van der Waals surface area (Å²) < 4.78 is 0. The first kappa shape index (κ1) is 21.2. The number of carbonyl (C=O) groups is 3. The number of rotatable bonds is 7. The van der Waals surface area contributed by atoms with Crippen LogP contribution in [0.3, 0.4) is 0 Å². The number of anilines is 1. The molecule has 148 valence electrons. The van der Waals surface area contributed by atoms with Gasteiger partial charge in [-0.3, -0.25) is 14.4 Å². The fourth-order valence-corrected chi connectivity index (χ4v) is 2.48. The largest absolute Gasteiger partial charge is 0.348 e. The van der Waals surface area contributed by atoms with Gasteiger partial charge in [0.2, 0.25) is 5.91 Å². The summed E-state index contributed by atoms with van der Waals surface area (Å²) in [5.74, 6) is -0.362. The zero-order chi connectivity index (χ0) is 20.7. The van der Waals surface area contributed by atoms with E-state index in [4.69, 9.17) is 0 Å². The fraction of sp³-hybridized carbons (Fsp3) is 0.318. The number of nitrogens with zero attached hydrogens (tertiary/aromatic N) is 1. The molecule has 2 aromatic rings. The first-order valence-electron chi connectivity index (χ1n) is 9.36. The summed E-state index contributed by atoms with van der Waals surface area (Å²) in [6.07, 6.45) is 0.377. The van der Waals surface area contributed by atoms with Crippen LogP contribution in [0, 0.1) is 0 Å². The van der Waals surface area contributed by atoms with E-state index in [9.17, 15) is 14.4 Å². The highest BCUT2D eigenvalue weighted by molar-refractivity contribution is 5.97. The third-order valence-corrected chi connectivity index (χ3v) is 4.48. The Hall–Kier alpha value is -3.15. The standard InChI is InChI=1S/C22H27N3O3/c1-5-20(26)24-19-8-6-7-18(13-19)21(27)23-14-16-9-11-17(12-10-16)22(28)25(4)15(2)3/h6-13,15H,5,14H2,1-4H3,(H,23,27)(H,24,26). The van der Waals surface area contributed by atoms with E-state index in [-0.39, 0.29) is 23.8 Å². The number of hydrogen-bond donors (Lipinski definition) is 2. The molecule has 0 saturated carbocycles. The van der Waals surface area contributed by atoms with E-state index < -0.39 is 0 Å². The average Bonchev–Trinajstić information content (AvgIpc) is 2.71. The summed E-state index contributed by atoms with van der Waals surface area (Å²) in [6.45, 7) is 6.04. The summed E-state index contributed by atoms with van der Waals surface area (Å²) in [6, 6.07) is 14.1. The first-order chi connectivity index (χ1) is 13.3. The highest BCUT2D eigenvalue weighted by Gasteiger charge is 2.14. The molecule has 0 aliphatic carbocycles. The number of hydrogen-bond acceptors (Lipinski definition) is 3. The third kappa shape index (κ3) is 5.67. The van der Waals surface area contributed by atoms with Gasteiger partial charge in [-0.05, 0) is 49.7 Å². The van der Waals surface area contributed by atoms with Gasteiger partial charge in [-0.25, -0.2) is 0 Å². The minimum atomic E-state index is -0.229. The monoisotopic (exact) mass is 381 g/mol. The first-order valence-corrected chi connectivity index (χ1v) is 9.36. The lowest BCUT2D eigenvalue weighted by molar-refractivity contribution is -0.115. The Balaban J connectivity index is 1.97. The number of carbonyl (C=O) groups excluding carboxylic acids is 3. The van der Waals surface area contributed by atoms with Crippen LogP contribution in [0.2, 0.25) is 0 Å². The molecule has 6 heteroatoms. The molecule has 0 atom stereocenters. The summed E-state index contributed by atoms with van der Waals surface area (Å²) >= 11 is 0. The molecule has 2 rings (SSSR count). The van der Waals surface area contributed by atoms with Crippen LogP contribution in [0.1, 0.15) is 53.5 Å². The van der Waals surface area contributed by atoms with Crippen LogP contribution >= 0.6 is 0 Å². The maximum atomic E-state index is 12.4. The lowest BCUT2D eigenvalue weighted by Gasteiger charge is -2.21. The van der Waals surface area contributed by atoms with Gasteiger partial charge in [0.1, 0.15) is 0 Å². The Bertz CT molecular complexity index is 844. The van der Waals surface area contributed by atoms with E-state index in [1.165, 1.54) is 0 Å². The van der Waals surface area contributed by atoms with Crippen molar-refractivity contribution in [2.75, 3.05) is 12.4 Å². The predicted octanol–water partition coefficient (Wildman–Crippen LogP) is 3.45. The van der Waals surface area contributed by atoms with Gasteiger partial charge in [0.15, 0.2) is 0 Å². The van der Waals surface area contributed by atoms with E-state index in [1.807, 2.05) is 26.0 Å². The molecular weight excluding hydrogens is 354 g/mol. The van der Waals surface area contributed by atoms with Crippen molar-refractivity contribution in [2.24, 2.45) is 0 Å². The molecule has 0 saturated heterocycles. The van der Waals surface area contributed by atoms with Crippen molar-refractivity contribution in [3.63, 3.8) is 0 Å². The molecule has 3 amide bonds. The predicted molar refractivity (Wildman–Crippen MR) is 110 cm³/mol. The van der Waals surface area contributed by atoms with Crippen LogP contribution in [0.5, 0.6) is 0 Å². The van der Waals surface area contributed by atoms with Crippen LogP contribution in [0.25, 0.3) is 0 Å². The summed E-state index contributed by atoms with van der Waals surface area (Å²) in [7, 11) is 1.78. The highest BCUT2D eigenvalue weighted by Crippen LogP contribution is 2.12. The van der Waals surface area contributed by atoms with E-state index in [1.54, 1.807) is 55.3 Å². The lowest BCUT2D eigenvalue weighted by atomic mass is 10.1. The van der Waals surface area contributed by atoms with Gasteiger partial charge in [-0.15, -0.1) is 0 Å². The number of benzene rings is 2. The average molecular weight is 381 g/mol. The van der Waals surface area contributed by atoms with Crippen molar-refractivity contribution in [2.45, 2.75) is 39.8 Å². The molecule has 0 unspecified atom stereocenters. The van der Waals surface area contributed by atoms with E-state index in [2.05, 4.69) is 10.6 Å². The zero-order valence-corrected chi connectivity index (χ0v) is 16.8. The minimum absolute atomic E-state index is 0.0310. The van der Waals surface area contributed by atoms with E-state index >= 15 is 0 Å². The van der Waals surface area contributed by atoms with Gasteiger partial charge in [0.05, 0.1) is 0 Å². The van der Waals surface area contributed by atoms with Crippen molar-refractivity contribution in [1.29, 1.82) is 0 Å². The normalized spacial score (nSPS) is 10.5. The quantitative estimate of drug-likeness (QED) is 0.771. The SMILES string of the molecule is CCC(=O)Nc1cccc(C(=O)NCc2ccc(C(=O)N(C)C(C)C)cc2)c1. The molecule has 2 N–H and O–H groups in total. The molecule has 28 heavy (non-hydrogen) atoms. The second kappa shape index (κ2) is 9.69. The summed E-state index contributed by atoms with van der Waals surface area (Å²) in [4.78, 5) is 37.9. The van der Waals surface area contributed by atoms with Gasteiger partial charge in [0.25, 0.3) is 11.8 Å².